The van der Waals surface area contributed by atoms with Crippen molar-refractivity contribution in [2.75, 3.05) is 0 Å². The summed E-state index contributed by atoms with van der Waals surface area (Å²) in [6, 6.07) is 6.23. The largest absolute Gasteiger partial charge is 0.331 e. The number of rotatable bonds is 2. The first-order valence-electron chi connectivity index (χ1n) is 7.16. The molecule has 0 unspecified atom stereocenters. The Hall–Kier alpha value is -2.10. The topological polar surface area (TPSA) is 35.6 Å². The van der Waals surface area contributed by atoms with E-state index in [-0.39, 0.29) is 0 Å². The molecule has 0 amide bonds. The molecule has 0 spiro atoms. The molecule has 0 radical (unpaired) electrons. The second-order valence-corrected chi connectivity index (χ2v) is 4.54. The molecule has 0 saturated carbocycles. The van der Waals surface area contributed by atoms with Gasteiger partial charge in [-0.15, -0.1) is 0 Å². The molecule has 4 heteroatoms. The van der Waals surface area contributed by atoms with Crippen LogP contribution in [0.2, 0.25) is 0 Å². The summed E-state index contributed by atoms with van der Waals surface area (Å²) in [6.07, 6.45) is 5.00. The van der Waals surface area contributed by atoms with E-state index in [1.807, 2.05) is 44.8 Å². The number of hydrogen-bond acceptors (Lipinski definition) is 2. The minimum absolute atomic E-state index is 1.01. The molecule has 0 N–H and O–H groups in total. The molecule has 20 heavy (non-hydrogen) atoms. The zero-order chi connectivity index (χ0) is 14.7. The van der Waals surface area contributed by atoms with Crippen molar-refractivity contribution in [3.05, 3.63) is 42.0 Å². The van der Waals surface area contributed by atoms with Gasteiger partial charge in [0.2, 0.25) is 0 Å². The molecule has 0 saturated heterocycles. The van der Waals surface area contributed by atoms with Gasteiger partial charge in [0.1, 0.15) is 5.82 Å². The average molecular weight is 270 g/mol. The summed E-state index contributed by atoms with van der Waals surface area (Å²) >= 11 is 0. The summed E-state index contributed by atoms with van der Waals surface area (Å²) in [5, 5.41) is 4.39. The summed E-state index contributed by atoms with van der Waals surface area (Å²) < 4.78 is 4.02. The second-order valence-electron chi connectivity index (χ2n) is 4.54. The predicted octanol–water partition coefficient (Wildman–Crippen LogP) is 3.66. The van der Waals surface area contributed by atoms with Crippen molar-refractivity contribution >= 4 is 11.0 Å². The van der Waals surface area contributed by atoms with Crippen LogP contribution in [0.5, 0.6) is 0 Å². The Morgan fingerprint density at radius 3 is 2.60 bits per heavy atom. The fraction of sp³-hybridized carbons (Fsp3) is 0.375. The molecule has 3 rings (SSSR count). The normalized spacial score (nSPS) is 10.4. The summed E-state index contributed by atoms with van der Waals surface area (Å²) in [7, 11) is 2.04. The van der Waals surface area contributed by atoms with Crippen molar-refractivity contribution in [1.82, 2.24) is 19.3 Å². The molecule has 0 atom stereocenters. The molecule has 3 aromatic rings. The van der Waals surface area contributed by atoms with Gasteiger partial charge in [-0.25, -0.2) is 9.67 Å². The maximum absolute atomic E-state index is 4.50. The van der Waals surface area contributed by atoms with Gasteiger partial charge in [0.25, 0.3) is 0 Å². The quantitative estimate of drug-likeness (QED) is 0.712. The van der Waals surface area contributed by atoms with Crippen LogP contribution in [-0.4, -0.2) is 19.3 Å². The van der Waals surface area contributed by atoms with Crippen molar-refractivity contribution in [3.63, 3.8) is 0 Å². The Bertz CT molecular complexity index is 706. The SMILES string of the molecule is CC.CCc1cnn(-c2ccc3nc(C)n(C)c3c2)c1. The van der Waals surface area contributed by atoms with E-state index in [4.69, 9.17) is 0 Å². The van der Waals surface area contributed by atoms with Gasteiger partial charge in [0, 0.05) is 13.2 Å². The van der Waals surface area contributed by atoms with Crippen molar-refractivity contribution in [2.24, 2.45) is 7.05 Å². The highest BCUT2D eigenvalue weighted by atomic mass is 15.3. The van der Waals surface area contributed by atoms with E-state index in [9.17, 15) is 0 Å². The Morgan fingerprint density at radius 1 is 1.20 bits per heavy atom. The lowest BCUT2D eigenvalue weighted by Gasteiger charge is -2.02. The minimum atomic E-state index is 1.01. The van der Waals surface area contributed by atoms with E-state index in [1.165, 1.54) is 5.56 Å². The first-order chi connectivity index (χ1) is 9.69. The Labute approximate surface area is 120 Å². The standard InChI is InChI=1S/C14H16N4.C2H6/c1-4-11-8-15-18(9-11)12-5-6-13-14(7-12)17(3)10(2)16-13;1-2/h5-9H,4H2,1-3H3;1-2H3. The van der Waals surface area contributed by atoms with Gasteiger partial charge < -0.3 is 4.57 Å². The highest BCUT2D eigenvalue weighted by molar-refractivity contribution is 5.78. The molecule has 0 aliphatic carbocycles. The highest BCUT2D eigenvalue weighted by Crippen LogP contribution is 2.19. The van der Waals surface area contributed by atoms with Gasteiger partial charge in [-0.2, -0.15) is 5.10 Å². The molecule has 2 aromatic heterocycles. The van der Waals surface area contributed by atoms with Gasteiger partial charge in [0.05, 0.1) is 22.9 Å². The van der Waals surface area contributed by atoms with Crippen LogP contribution in [0.4, 0.5) is 0 Å². The lowest BCUT2D eigenvalue weighted by atomic mass is 10.2. The lowest BCUT2D eigenvalue weighted by Crippen LogP contribution is -1.95. The van der Waals surface area contributed by atoms with Crippen molar-refractivity contribution in [3.8, 4) is 5.69 Å². The third kappa shape index (κ3) is 2.46. The van der Waals surface area contributed by atoms with Crippen molar-refractivity contribution < 1.29 is 0 Å². The first kappa shape index (κ1) is 14.3. The summed E-state index contributed by atoms with van der Waals surface area (Å²) in [6.45, 7) is 8.15. The van der Waals surface area contributed by atoms with Gasteiger partial charge in [-0.3, -0.25) is 0 Å². The highest BCUT2D eigenvalue weighted by Gasteiger charge is 2.06. The molecule has 0 bridgehead atoms. The number of hydrogen-bond donors (Lipinski definition) is 0. The van der Waals surface area contributed by atoms with Crippen LogP contribution in [0.25, 0.3) is 16.7 Å². The van der Waals surface area contributed by atoms with Crippen LogP contribution >= 0.6 is 0 Å². The Kier molecular flexibility index (Phi) is 4.23. The minimum Gasteiger partial charge on any atom is -0.331 e. The maximum Gasteiger partial charge on any atom is 0.106 e. The summed E-state index contributed by atoms with van der Waals surface area (Å²) in [5.74, 6) is 1.02. The fourth-order valence-corrected chi connectivity index (χ4v) is 2.13. The van der Waals surface area contributed by atoms with Crippen molar-refractivity contribution in [2.45, 2.75) is 34.1 Å². The number of aromatic nitrogens is 4. The fourth-order valence-electron chi connectivity index (χ4n) is 2.13. The van der Waals surface area contributed by atoms with Crippen molar-refractivity contribution in [1.29, 1.82) is 0 Å². The first-order valence-corrected chi connectivity index (χ1v) is 7.16. The molecular formula is C16H22N4. The van der Waals surface area contributed by atoms with Crippen LogP contribution in [0, 0.1) is 6.92 Å². The van der Waals surface area contributed by atoms with E-state index < -0.39 is 0 Å². The van der Waals surface area contributed by atoms with Crippen LogP contribution in [0.1, 0.15) is 32.2 Å². The Morgan fingerprint density at radius 2 is 1.95 bits per heavy atom. The van der Waals surface area contributed by atoms with Gasteiger partial charge in [-0.1, -0.05) is 20.8 Å². The monoisotopic (exact) mass is 270 g/mol. The molecule has 0 aliphatic rings. The van der Waals surface area contributed by atoms with Crippen LogP contribution in [0.15, 0.2) is 30.6 Å². The number of nitrogens with zero attached hydrogens (tertiary/aromatic N) is 4. The molecule has 1 aromatic carbocycles. The molecule has 0 aliphatic heterocycles. The molecule has 0 fully saturated rings. The Balaban J connectivity index is 0.000000704. The smallest absolute Gasteiger partial charge is 0.106 e. The number of fused-ring (bicyclic) bond motifs is 1. The summed E-state index contributed by atoms with van der Waals surface area (Å²) in [4.78, 5) is 4.50. The number of imidazole rings is 1. The number of aryl methyl sites for hydroxylation is 3. The van der Waals surface area contributed by atoms with Crippen LogP contribution < -0.4 is 0 Å². The molecule has 2 heterocycles. The third-order valence-electron chi connectivity index (χ3n) is 3.40. The number of benzene rings is 1. The van der Waals surface area contributed by atoms with Gasteiger partial charge in [-0.05, 0) is 37.1 Å². The van der Waals surface area contributed by atoms with E-state index in [0.29, 0.717) is 0 Å². The van der Waals surface area contributed by atoms with E-state index in [2.05, 4.69) is 39.9 Å². The lowest BCUT2D eigenvalue weighted by molar-refractivity contribution is 0.870. The summed E-state index contributed by atoms with van der Waals surface area (Å²) in [5.41, 5.74) is 4.49. The third-order valence-corrected chi connectivity index (χ3v) is 3.40. The molecular weight excluding hydrogens is 248 g/mol. The van der Waals surface area contributed by atoms with E-state index >= 15 is 0 Å². The van der Waals surface area contributed by atoms with E-state index in [1.54, 1.807) is 0 Å². The average Bonchev–Trinajstić information content (AvgIpc) is 3.07. The second kappa shape index (κ2) is 5.90. The van der Waals surface area contributed by atoms with E-state index in [0.717, 1.165) is 29.0 Å². The predicted molar refractivity (Wildman–Crippen MR) is 83.3 cm³/mol. The zero-order valence-corrected chi connectivity index (χ0v) is 12.9. The maximum atomic E-state index is 4.50. The molecule has 106 valence electrons. The van der Waals surface area contributed by atoms with Crippen LogP contribution in [0.3, 0.4) is 0 Å². The van der Waals surface area contributed by atoms with Crippen LogP contribution in [-0.2, 0) is 13.5 Å². The zero-order valence-electron chi connectivity index (χ0n) is 12.9. The molecule has 4 nitrogen and oxygen atoms in total. The van der Waals surface area contributed by atoms with Gasteiger partial charge in [0.15, 0.2) is 0 Å². The van der Waals surface area contributed by atoms with Gasteiger partial charge >= 0.3 is 0 Å².